The molecule has 0 heterocycles. The maximum atomic E-state index is 5.24. The largest absolute Gasteiger partial charge is 0.385 e. The summed E-state index contributed by atoms with van der Waals surface area (Å²) in [6.45, 7) is 7.29. The first-order valence-corrected chi connectivity index (χ1v) is 6.35. The lowest BCUT2D eigenvalue weighted by atomic mass is 10.00. The number of rotatable bonds is 9. The second-order valence-corrected chi connectivity index (χ2v) is 5.43. The molecule has 1 fully saturated rings. The van der Waals surface area contributed by atoms with Crippen molar-refractivity contribution in [3.8, 4) is 0 Å². The van der Waals surface area contributed by atoms with Crippen molar-refractivity contribution in [1.82, 2.24) is 5.32 Å². The third-order valence-electron chi connectivity index (χ3n) is 3.68. The van der Waals surface area contributed by atoms with Gasteiger partial charge < -0.3 is 14.8 Å². The van der Waals surface area contributed by atoms with Gasteiger partial charge in [-0.25, -0.2) is 0 Å². The molecule has 1 saturated carbocycles. The molecule has 1 aliphatic rings. The van der Waals surface area contributed by atoms with Crippen molar-refractivity contribution in [3.63, 3.8) is 0 Å². The van der Waals surface area contributed by atoms with Crippen LogP contribution in [0, 0.1) is 11.3 Å². The topological polar surface area (TPSA) is 30.5 Å². The van der Waals surface area contributed by atoms with Gasteiger partial charge in [0.25, 0.3) is 0 Å². The molecule has 1 rings (SSSR count). The highest BCUT2D eigenvalue weighted by molar-refractivity contribution is 4.95. The van der Waals surface area contributed by atoms with E-state index in [0.29, 0.717) is 17.4 Å². The van der Waals surface area contributed by atoms with Crippen LogP contribution in [-0.4, -0.2) is 40.0 Å². The Morgan fingerprint density at radius 3 is 2.31 bits per heavy atom. The predicted molar refractivity (Wildman–Crippen MR) is 66.7 cm³/mol. The van der Waals surface area contributed by atoms with E-state index in [-0.39, 0.29) is 0 Å². The molecule has 1 aliphatic carbocycles. The summed E-state index contributed by atoms with van der Waals surface area (Å²) in [5.74, 6) is 0.623. The van der Waals surface area contributed by atoms with Crippen LogP contribution in [0.1, 0.15) is 33.1 Å². The van der Waals surface area contributed by atoms with E-state index in [1.54, 1.807) is 14.2 Å². The van der Waals surface area contributed by atoms with Gasteiger partial charge in [-0.15, -0.1) is 0 Å². The van der Waals surface area contributed by atoms with Crippen LogP contribution in [0.3, 0.4) is 0 Å². The molecular weight excluding hydrogens is 202 g/mol. The lowest BCUT2D eigenvalue weighted by molar-refractivity contribution is 0.136. The standard InChI is InChI=1S/C13H27NO2/c1-11(2)12(9-16-4)14-10-13(5-6-13)7-8-15-3/h11-12,14H,5-10H2,1-4H3. The molecule has 1 unspecified atom stereocenters. The first kappa shape index (κ1) is 13.9. The van der Waals surface area contributed by atoms with Crippen LogP contribution in [0.15, 0.2) is 0 Å². The molecule has 1 N–H and O–H groups in total. The van der Waals surface area contributed by atoms with Gasteiger partial charge in [0.2, 0.25) is 0 Å². The fourth-order valence-corrected chi connectivity index (χ4v) is 2.02. The van der Waals surface area contributed by atoms with Crippen molar-refractivity contribution in [2.75, 3.05) is 34.0 Å². The third-order valence-corrected chi connectivity index (χ3v) is 3.68. The average Bonchev–Trinajstić information content (AvgIpc) is 3.02. The molecule has 0 amide bonds. The number of hydrogen-bond acceptors (Lipinski definition) is 3. The minimum absolute atomic E-state index is 0.477. The van der Waals surface area contributed by atoms with E-state index in [4.69, 9.17) is 9.47 Å². The smallest absolute Gasteiger partial charge is 0.0618 e. The van der Waals surface area contributed by atoms with Gasteiger partial charge >= 0.3 is 0 Å². The number of hydrogen-bond donors (Lipinski definition) is 1. The molecule has 0 aromatic carbocycles. The molecule has 3 heteroatoms. The van der Waals surface area contributed by atoms with E-state index < -0.39 is 0 Å². The van der Waals surface area contributed by atoms with Gasteiger partial charge in [0.05, 0.1) is 6.61 Å². The van der Waals surface area contributed by atoms with Gasteiger partial charge in [-0.05, 0) is 30.6 Å². The Morgan fingerprint density at radius 2 is 1.88 bits per heavy atom. The van der Waals surface area contributed by atoms with Crippen molar-refractivity contribution < 1.29 is 9.47 Å². The van der Waals surface area contributed by atoms with E-state index in [1.807, 2.05) is 0 Å². The van der Waals surface area contributed by atoms with Crippen LogP contribution in [-0.2, 0) is 9.47 Å². The van der Waals surface area contributed by atoms with Crippen molar-refractivity contribution in [2.24, 2.45) is 11.3 Å². The zero-order chi connectivity index (χ0) is 12.0. The van der Waals surface area contributed by atoms with E-state index in [1.165, 1.54) is 19.3 Å². The highest BCUT2D eigenvalue weighted by Crippen LogP contribution is 2.48. The molecule has 0 aromatic rings. The average molecular weight is 229 g/mol. The molecule has 96 valence electrons. The fourth-order valence-electron chi connectivity index (χ4n) is 2.02. The summed E-state index contributed by atoms with van der Waals surface area (Å²) in [6, 6.07) is 0.477. The van der Waals surface area contributed by atoms with E-state index in [2.05, 4.69) is 19.2 Å². The second kappa shape index (κ2) is 6.58. The number of ether oxygens (including phenoxy) is 2. The molecule has 0 radical (unpaired) electrons. The van der Waals surface area contributed by atoms with Gasteiger partial charge in [0, 0.05) is 33.4 Å². The molecule has 0 bridgehead atoms. The van der Waals surface area contributed by atoms with Gasteiger partial charge in [-0.3, -0.25) is 0 Å². The Hall–Kier alpha value is -0.120. The molecule has 0 aromatic heterocycles. The summed E-state index contributed by atoms with van der Waals surface area (Å²) in [5.41, 5.74) is 0.525. The van der Waals surface area contributed by atoms with Crippen LogP contribution in [0.5, 0.6) is 0 Å². The van der Waals surface area contributed by atoms with Crippen molar-refractivity contribution in [3.05, 3.63) is 0 Å². The zero-order valence-corrected chi connectivity index (χ0v) is 11.2. The Balaban J connectivity index is 2.25. The minimum atomic E-state index is 0.477. The first-order chi connectivity index (χ1) is 7.63. The lowest BCUT2D eigenvalue weighted by Gasteiger charge is -2.25. The maximum Gasteiger partial charge on any atom is 0.0618 e. The summed E-state index contributed by atoms with van der Waals surface area (Å²) in [4.78, 5) is 0. The van der Waals surface area contributed by atoms with Crippen molar-refractivity contribution >= 4 is 0 Å². The van der Waals surface area contributed by atoms with Crippen LogP contribution in [0.2, 0.25) is 0 Å². The normalized spacial score (nSPS) is 20.1. The molecule has 16 heavy (non-hydrogen) atoms. The Morgan fingerprint density at radius 1 is 1.19 bits per heavy atom. The summed E-state index contributed by atoms with van der Waals surface area (Å²) >= 11 is 0. The monoisotopic (exact) mass is 229 g/mol. The summed E-state index contributed by atoms with van der Waals surface area (Å²) in [7, 11) is 3.56. The molecule has 1 atom stereocenters. The highest BCUT2D eigenvalue weighted by atomic mass is 16.5. The Bertz CT molecular complexity index is 190. The highest BCUT2D eigenvalue weighted by Gasteiger charge is 2.42. The predicted octanol–water partition coefficient (Wildman–Crippen LogP) is 2.06. The Kier molecular flexibility index (Phi) is 5.73. The van der Waals surface area contributed by atoms with Crippen LogP contribution in [0.25, 0.3) is 0 Å². The lowest BCUT2D eigenvalue weighted by Crippen LogP contribution is -2.41. The molecular formula is C13H27NO2. The number of methoxy groups -OCH3 is 2. The third kappa shape index (κ3) is 4.40. The second-order valence-electron chi connectivity index (χ2n) is 5.43. The minimum Gasteiger partial charge on any atom is -0.385 e. The van der Waals surface area contributed by atoms with E-state index >= 15 is 0 Å². The van der Waals surface area contributed by atoms with Crippen molar-refractivity contribution in [1.29, 1.82) is 0 Å². The van der Waals surface area contributed by atoms with Gasteiger partial charge in [0.1, 0.15) is 0 Å². The first-order valence-electron chi connectivity index (χ1n) is 6.35. The molecule has 0 spiro atoms. The van der Waals surface area contributed by atoms with Gasteiger partial charge in [0.15, 0.2) is 0 Å². The summed E-state index contributed by atoms with van der Waals surface area (Å²) in [5, 5.41) is 3.65. The van der Waals surface area contributed by atoms with E-state index in [9.17, 15) is 0 Å². The molecule has 0 saturated heterocycles. The van der Waals surface area contributed by atoms with Crippen LogP contribution >= 0.6 is 0 Å². The van der Waals surface area contributed by atoms with Crippen LogP contribution in [0.4, 0.5) is 0 Å². The number of nitrogens with one attached hydrogen (secondary N) is 1. The SMILES string of the molecule is COCCC1(CNC(COC)C(C)C)CC1. The summed E-state index contributed by atoms with van der Waals surface area (Å²) < 4.78 is 10.4. The van der Waals surface area contributed by atoms with E-state index in [0.717, 1.165) is 19.8 Å². The quantitative estimate of drug-likeness (QED) is 0.656. The molecule has 0 aliphatic heterocycles. The van der Waals surface area contributed by atoms with Crippen molar-refractivity contribution in [2.45, 2.75) is 39.2 Å². The Labute approximate surface area is 99.9 Å². The fraction of sp³-hybridized carbons (Fsp3) is 1.00. The zero-order valence-electron chi connectivity index (χ0n) is 11.2. The van der Waals surface area contributed by atoms with Gasteiger partial charge in [-0.1, -0.05) is 13.8 Å². The molecule has 3 nitrogen and oxygen atoms in total. The maximum absolute atomic E-state index is 5.24. The van der Waals surface area contributed by atoms with Gasteiger partial charge in [-0.2, -0.15) is 0 Å². The van der Waals surface area contributed by atoms with Crippen LogP contribution < -0.4 is 5.32 Å². The summed E-state index contributed by atoms with van der Waals surface area (Å²) in [6.07, 6.45) is 3.89.